The highest BCUT2D eigenvalue weighted by molar-refractivity contribution is 6.04. The lowest BCUT2D eigenvalue weighted by Gasteiger charge is -2.35. The number of para-hydroxylation sites is 1. The standard InChI is InChI=1S/C19H21N3O3/c1-25-19(24)22-16-10-6-5-7-13(16)11-14(12-20)17(22)18(23)21-15-8-3-2-4-9-15/h5-7,10-11,15,17H,2-4,8-9H2,1H3,(H,21,23). The van der Waals surface area contributed by atoms with Gasteiger partial charge >= 0.3 is 6.09 Å². The molecule has 1 unspecified atom stereocenters. The van der Waals surface area contributed by atoms with Crippen LogP contribution in [0.4, 0.5) is 10.5 Å². The van der Waals surface area contributed by atoms with Crippen molar-refractivity contribution in [1.82, 2.24) is 5.32 Å². The summed E-state index contributed by atoms with van der Waals surface area (Å²) in [5, 5.41) is 12.5. The Morgan fingerprint density at radius 2 is 1.96 bits per heavy atom. The summed E-state index contributed by atoms with van der Waals surface area (Å²) in [5.74, 6) is -0.334. The zero-order valence-corrected chi connectivity index (χ0v) is 14.2. The minimum absolute atomic E-state index is 0.0952. The predicted molar refractivity (Wildman–Crippen MR) is 93.7 cm³/mol. The van der Waals surface area contributed by atoms with E-state index < -0.39 is 12.1 Å². The van der Waals surface area contributed by atoms with Crippen molar-refractivity contribution in [1.29, 1.82) is 5.26 Å². The van der Waals surface area contributed by atoms with E-state index in [0.29, 0.717) is 11.3 Å². The van der Waals surface area contributed by atoms with Crippen molar-refractivity contribution in [2.24, 2.45) is 0 Å². The van der Waals surface area contributed by atoms with Gasteiger partial charge in [-0.15, -0.1) is 0 Å². The highest BCUT2D eigenvalue weighted by atomic mass is 16.5. The highest BCUT2D eigenvalue weighted by Crippen LogP contribution is 2.33. The molecule has 0 bridgehead atoms. The van der Waals surface area contributed by atoms with E-state index in [-0.39, 0.29) is 17.5 Å². The molecule has 1 heterocycles. The SMILES string of the molecule is COC(=O)N1c2ccccc2C=C(C#N)C1C(=O)NC1CCCCC1. The molecule has 1 saturated carbocycles. The van der Waals surface area contributed by atoms with Crippen LogP contribution in [0.25, 0.3) is 6.08 Å². The van der Waals surface area contributed by atoms with E-state index in [1.165, 1.54) is 18.4 Å². The fourth-order valence-electron chi connectivity index (χ4n) is 3.53. The number of ether oxygens (including phenoxy) is 1. The average molecular weight is 339 g/mol. The summed E-state index contributed by atoms with van der Waals surface area (Å²) in [5.41, 5.74) is 1.51. The van der Waals surface area contributed by atoms with E-state index in [1.54, 1.807) is 24.3 Å². The summed E-state index contributed by atoms with van der Waals surface area (Å²) in [6.45, 7) is 0. The Balaban J connectivity index is 1.95. The van der Waals surface area contributed by atoms with Crippen LogP contribution in [0.2, 0.25) is 0 Å². The number of benzene rings is 1. The molecular formula is C19H21N3O3. The molecule has 130 valence electrons. The van der Waals surface area contributed by atoms with Crippen LogP contribution in [-0.2, 0) is 9.53 Å². The molecule has 1 N–H and O–H groups in total. The van der Waals surface area contributed by atoms with Crippen LogP contribution in [0.15, 0.2) is 29.8 Å². The highest BCUT2D eigenvalue weighted by Gasteiger charge is 2.39. The van der Waals surface area contributed by atoms with Crippen LogP contribution in [0, 0.1) is 11.3 Å². The molecule has 1 aromatic rings. The number of nitrogens with zero attached hydrogens (tertiary/aromatic N) is 2. The Labute approximate surface area is 147 Å². The Morgan fingerprint density at radius 1 is 1.24 bits per heavy atom. The predicted octanol–water partition coefficient (Wildman–Crippen LogP) is 3.00. The van der Waals surface area contributed by atoms with E-state index in [9.17, 15) is 14.9 Å². The lowest BCUT2D eigenvalue weighted by molar-refractivity contribution is -0.122. The van der Waals surface area contributed by atoms with Gasteiger partial charge in [-0.1, -0.05) is 37.5 Å². The summed E-state index contributed by atoms with van der Waals surface area (Å²) in [6, 6.07) is 8.32. The van der Waals surface area contributed by atoms with E-state index >= 15 is 0 Å². The number of rotatable bonds is 2. The normalized spacial score (nSPS) is 20.1. The van der Waals surface area contributed by atoms with Gasteiger partial charge < -0.3 is 10.1 Å². The molecule has 0 aromatic heterocycles. The van der Waals surface area contributed by atoms with Crippen LogP contribution in [0.3, 0.4) is 0 Å². The second-order valence-corrected chi connectivity index (χ2v) is 6.36. The number of amides is 2. The maximum atomic E-state index is 12.9. The zero-order chi connectivity index (χ0) is 17.8. The molecule has 1 aromatic carbocycles. The van der Waals surface area contributed by atoms with Crippen molar-refractivity contribution in [3.8, 4) is 6.07 Å². The minimum Gasteiger partial charge on any atom is -0.452 e. The number of nitrogens with one attached hydrogen (secondary N) is 1. The first-order valence-electron chi connectivity index (χ1n) is 8.54. The second-order valence-electron chi connectivity index (χ2n) is 6.36. The number of hydrogen-bond acceptors (Lipinski definition) is 4. The molecule has 6 nitrogen and oxygen atoms in total. The lowest BCUT2D eigenvalue weighted by Crippen LogP contribution is -2.54. The smallest absolute Gasteiger partial charge is 0.415 e. The minimum atomic E-state index is -1.01. The monoisotopic (exact) mass is 339 g/mol. The van der Waals surface area contributed by atoms with Crippen LogP contribution >= 0.6 is 0 Å². The summed E-state index contributed by atoms with van der Waals surface area (Å²) in [7, 11) is 1.27. The fourth-order valence-corrected chi connectivity index (χ4v) is 3.53. The second kappa shape index (κ2) is 7.39. The van der Waals surface area contributed by atoms with E-state index in [0.717, 1.165) is 25.7 Å². The first kappa shape index (κ1) is 17.0. The number of carbonyl (C=O) groups excluding carboxylic acids is 2. The molecule has 0 spiro atoms. The molecule has 1 fully saturated rings. The van der Waals surface area contributed by atoms with Crippen molar-refractivity contribution in [3.63, 3.8) is 0 Å². The summed E-state index contributed by atoms with van der Waals surface area (Å²) in [6.07, 6.45) is 6.22. The van der Waals surface area contributed by atoms with E-state index in [2.05, 4.69) is 11.4 Å². The van der Waals surface area contributed by atoms with Crippen molar-refractivity contribution in [2.45, 2.75) is 44.2 Å². The molecule has 1 aliphatic carbocycles. The summed E-state index contributed by atoms with van der Waals surface area (Å²) < 4.78 is 4.88. The number of anilines is 1. The number of fused-ring (bicyclic) bond motifs is 1. The zero-order valence-electron chi connectivity index (χ0n) is 14.2. The van der Waals surface area contributed by atoms with Gasteiger partial charge in [0.1, 0.15) is 0 Å². The molecule has 0 saturated heterocycles. The topological polar surface area (TPSA) is 82.4 Å². The van der Waals surface area contributed by atoms with E-state index in [4.69, 9.17) is 4.74 Å². The first-order chi connectivity index (χ1) is 12.2. The maximum absolute atomic E-state index is 12.9. The van der Waals surface area contributed by atoms with Gasteiger partial charge in [0.15, 0.2) is 6.04 Å². The third-order valence-electron chi connectivity index (χ3n) is 4.76. The number of nitriles is 1. The molecular weight excluding hydrogens is 318 g/mol. The van der Waals surface area contributed by atoms with Gasteiger partial charge in [-0.25, -0.2) is 4.79 Å². The summed E-state index contributed by atoms with van der Waals surface area (Å²) >= 11 is 0. The molecule has 2 aliphatic rings. The molecule has 3 rings (SSSR count). The van der Waals surface area contributed by atoms with Crippen molar-refractivity contribution < 1.29 is 14.3 Å². The lowest BCUT2D eigenvalue weighted by atomic mass is 9.93. The Kier molecular flexibility index (Phi) is 5.03. The van der Waals surface area contributed by atoms with Crippen LogP contribution in [0.5, 0.6) is 0 Å². The molecule has 2 amide bonds. The van der Waals surface area contributed by atoms with Gasteiger partial charge in [0.05, 0.1) is 24.4 Å². The first-order valence-corrected chi connectivity index (χ1v) is 8.54. The van der Waals surface area contributed by atoms with Gasteiger partial charge in [0, 0.05) is 6.04 Å². The number of methoxy groups -OCH3 is 1. The van der Waals surface area contributed by atoms with Gasteiger partial charge in [-0.3, -0.25) is 9.69 Å². The van der Waals surface area contributed by atoms with Crippen LogP contribution in [0.1, 0.15) is 37.7 Å². The van der Waals surface area contributed by atoms with Crippen molar-refractivity contribution in [3.05, 3.63) is 35.4 Å². The Bertz CT molecular complexity index is 745. The third-order valence-corrected chi connectivity index (χ3v) is 4.76. The average Bonchev–Trinajstić information content (AvgIpc) is 2.66. The number of carbonyl (C=O) groups is 2. The van der Waals surface area contributed by atoms with E-state index in [1.807, 2.05) is 6.07 Å². The van der Waals surface area contributed by atoms with Gasteiger partial charge in [-0.2, -0.15) is 5.26 Å². The van der Waals surface area contributed by atoms with Gasteiger partial charge in [0.25, 0.3) is 0 Å². The summed E-state index contributed by atoms with van der Waals surface area (Å²) in [4.78, 5) is 26.6. The van der Waals surface area contributed by atoms with Gasteiger partial charge in [0.2, 0.25) is 5.91 Å². The van der Waals surface area contributed by atoms with Crippen LogP contribution in [-0.4, -0.2) is 31.2 Å². The Morgan fingerprint density at radius 3 is 2.64 bits per heavy atom. The number of hydrogen-bond donors (Lipinski definition) is 1. The fraction of sp³-hybridized carbons (Fsp3) is 0.421. The third kappa shape index (κ3) is 3.36. The molecule has 1 aliphatic heterocycles. The van der Waals surface area contributed by atoms with Crippen LogP contribution < -0.4 is 10.2 Å². The molecule has 6 heteroatoms. The molecule has 0 radical (unpaired) electrons. The largest absolute Gasteiger partial charge is 0.452 e. The maximum Gasteiger partial charge on any atom is 0.415 e. The van der Waals surface area contributed by atoms with Crippen molar-refractivity contribution >= 4 is 23.8 Å². The van der Waals surface area contributed by atoms with Gasteiger partial charge in [-0.05, 0) is 30.5 Å². The van der Waals surface area contributed by atoms with Crippen molar-refractivity contribution in [2.75, 3.05) is 12.0 Å². The Hall–Kier alpha value is -2.81. The molecule has 25 heavy (non-hydrogen) atoms. The quantitative estimate of drug-likeness (QED) is 0.898. The molecule has 1 atom stereocenters.